The summed E-state index contributed by atoms with van der Waals surface area (Å²) in [5.41, 5.74) is 0. The van der Waals surface area contributed by atoms with Gasteiger partial charge < -0.3 is 20.1 Å². The quantitative estimate of drug-likeness (QED) is 0.416. The third kappa shape index (κ3) is 1.11. The molecule has 3 atom stereocenters. The van der Waals surface area contributed by atoms with Gasteiger partial charge in [0.25, 0.3) is 0 Å². The van der Waals surface area contributed by atoms with E-state index in [1.54, 1.807) is 0 Å². The van der Waals surface area contributed by atoms with Crippen LogP contribution in [0.25, 0.3) is 0 Å². The number of aliphatic carboxylic acids is 1. The third-order valence-corrected chi connectivity index (χ3v) is 1.47. The zero-order valence-electron chi connectivity index (χ0n) is 5.10. The Morgan fingerprint density at radius 2 is 2.10 bits per heavy atom. The normalized spacial score (nSPS) is 40.0. The molecule has 1 rings (SSSR count). The van der Waals surface area contributed by atoms with Gasteiger partial charge in [0.15, 0.2) is 6.29 Å². The second kappa shape index (κ2) is 2.53. The fourth-order valence-corrected chi connectivity index (χ4v) is 0.816. The predicted octanol–water partition coefficient (Wildman–Crippen LogP) is -1.60. The van der Waals surface area contributed by atoms with Crippen LogP contribution in [0.5, 0.6) is 0 Å². The average molecular weight is 148 g/mol. The summed E-state index contributed by atoms with van der Waals surface area (Å²) in [5.74, 6) is -2.14. The van der Waals surface area contributed by atoms with Crippen LogP contribution in [0, 0.1) is 5.92 Å². The molecule has 0 amide bonds. The molecule has 0 radical (unpaired) electrons. The molecule has 0 bridgehead atoms. The van der Waals surface area contributed by atoms with Crippen molar-refractivity contribution in [3.05, 3.63) is 0 Å². The molecule has 0 aromatic rings. The number of carboxylic acids is 1. The van der Waals surface area contributed by atoms with Crippen LogP contribution in [0.3, 0.4) is 0 Å². The minimum Gasteiger partial charge on any atom is -0.481 e. The Bertz CT molecular complexity index is 145. The van der Waals surface area contributed by atoms with Gasteiger partial charge in [0, 0.05) is 0 Å². The predicted molar refractivity (Wildman–Crippen MR) is 29.1 cm³/mol. The van der Waals surface area contributed by atoms with E-state index in [0.717, 1.165) is 0 Å². The van der Waals surface area contributed by atoms with E-state index in [-0.39, 0.29) is 6.61 Å². The maximum Gasteiger partial charge on any atom is 0.311 e. The van der Waals surface area contributed by atoms with Gasteiger partial charge in [0.1, 0.15) is 12.0 Å². The van der Waals surface area contributed by atoms with E-state index in [1.807, 2.05) is 0 Å². The van der Waals surface area contributed by atoms with Crippen molar-refractivity contribution in [2.24, 2.45) is 5.92 Å². The van der Waals surface area contributed by atoms with E-state index in [4.69, 9.17) is 15.3 Å². The van der Waals surface area contributed by atoms with Crippen LogP contribution >= 0.6 is 0 Å². The molecule has 0 aliphatic carbocycles. The van der Waals surface area contributed by atoms with E-state index < -0.39 is 24.3 Å². The maximum atomic E-state index is 10.2. The van der Waals surface area contributed by atoms with Crippen molar-refractivity contribution in [3.8, 4) is 0 Å². The Labute approximate surface area is 56.9 Å². The van der Waals surface area contributed by atoms with E-state index in [2.05, 4.69) is 4.74 Å². The molecule has 0 spiro atoms. The second-order valence-electron chi connectivity index (χ2n) is 2.16. The van der Waals surface area contributed by atoms with Crippen LogP contribution in [0.2, 0.25) is 0 Å². The SMILES string of the molecule is O=C(O)C1COC(O)C1O. The number of rotatable bonds is 1. The first-order valence-electron chi connectivity index (χ1n) is 2.83. The Balaban J connectivity index is 2.57. The van der Waals surface area contributed by atoms with Crippen molar-refractivity contribution in [2.45, 2.75) is 12.4 Å². The first-order chi connectivity index (χ1) is 4.63. The third-order valence-electron chi connectivity index (χ3n) is 1.47. The van der Waals surface area contributed by atoms with Crippen LogP contribution in [0.15, 0.2) is 0 Å². The van der Waals surface area contributed by atoms with Gasteiger partial charge in [-0.05, 0) is 0 Å². The number of hydrogen-bond donors (Lipinski definition) is 3. The number of aliphatic hydroxyl groups excluding tert-OH is 2. The lowest BCUT2D eigenvalue weighted by Crippen LogP contribution is -2.30. The highest BCUT2D eigenvalue weighted by Gasteiger charge is 2.39. The number of carboxylic acid groups (broad SMARTS) is 1. The number of ether oxygens (including phenoxy) is 1. The monoisotopic (exact) mass is 148 g/mol. The minimum absolute atomic E-state index is 0.127. The highest BCUT2D eigenvalue weighted by Crippen LogP contribution is 2.18. The molecule has 0 aromatic carbocycles. The second-order valence-corrected chi connectivity index (χ2v) is 2.16. The summed E-state index contributed by atoms with van der Waals surface area (Å²) < 4.78 is 4.46. The van der Waals surface area contributed by atoms with Crippen molar-refractivity contribution in [1.82, 2.24) is 0 Å². The van der Waals surface area contributed by atoms with Gasteiger partial charge in [-0.15, -0.1) is 0 Å². The number of hydrogen-bond acceptors (Lipinski definition) is 4. The van der Waals surface area contributed by atoms with Crippen molar-refractivity contribution in [1.29, 1.82) is 0 Å². The summed E-state index contributed by atoms with van der Waals surface area (Å²) in [6.07, 6.45) is -2.64. The summed E-state index contributed by atoms with van der Waals surface area (Å²) in [6.45, 7) is -0.127. The molecule has 1 aliphatic heterocycles. The fourth-order valence-electron chi connectivity index (χ4n) is 0.816. The number of carbonyl (C=O) groups is 1. The molecule has 1 aliphatic rings. The Hall–Kier alpha value is -0.650. The maximum absolute atomic E-state index is 10.2. The summed E-state index contributed by atoms with van der Waals surface area (Å²) in [5, 5.41) is 25.9. The summed E-state index contributed by atoms with van der Waals surface area (Å²) in [7, 11) is 0. The van der Waals surface area contributed by atoms with Crippen LogP contribution in [-0.2, 0) is 9.53 Å². The molecule has 3 unspecified atom stereocenters. The molecule has 1 saturated heterocycles. The zero-order chi connectivity index (χ0) is 7.72. The van der Waals surface area contributed by atoms with E-state index in [9.17, 15) is 4.79 Å². The Kier molecular flexibility index (Phi) is 1.89. The highest BCUT2D eigenvalue weighted by atomic mass is 16.6. The lowest BCUT2D eigenvalue weighted by Gasteiger charge is -2.07. The molecule has 58 valence electrons. The van der Waals surface area contributed by atoms with Gasteiger partial charge >= 0.3 is 5.97 Å². The van der Waals surface area contributed by atoms with E-state index >= 15 is 0 Å². The van der Waals surface area contributed by atoms with Gasteiger partial charge in [0.05, 0.1) is 6.61 Å². The molecule has 0 aromatic heterocycles. The molecule has 5 nitrogen and oxygen atoms in total. The molecule has 10 heavy (non-hydrogen) atoms. The van der Waals surface area contributed by atoms with Gasteiger partial charge in [0.2, 0.25) is 0 Å². The first kappa shape index (κ1) is 7.46. The zero-order valence-corrected chi connectivity index (χ0v) is 5.10. The highest BCUT2D eigenvalue weighted by molar-refractivity contribution is 5.71. The van der Waals surface area contributed by atoms with Crippen LogP contribution in [0.4, 0.5) is 0 Å². The van der Waals surface area contributed by atoms with E-state index in [0.29, 0.717) is 0 Å². The summed E-state index contributed by atoms with van der Waals surface area (Å²) >= 11 is 0. The van der Waals surface area contributed by atoms with Gasteiger partial charge in [-0.2, -0.15) is 0 Å². The van der Waals surface area contributed by atoms with Crippen LogP contribution in [0.1, 0.15) is 0 Å². The van der Waals surface area contributed by atoms with Crippen molar-refractivity contribution < 1.29 is 24.9 Å². The van der Waals surface area contributed by atoms with Gasteiger partial charge in [-0.1, -0.05) is 0 Å². The molecule has 3 N–H and O–H groups in total. The first-order valence-corrected chi connectivity index (χ1v) is 2.83. The summed E-state index contributed by atoms with van der Waals surface area (Å²) in [4.78, 5) is 10.2. The molecule has 1 heterocycles. The van der Waals surface area contributed by atoms with Crippen molar-refractivity contribution >= 4 is 5.97 Å². The van der Waals surface area contributed by atoms with Crippen molar-refractivity contribution in [3.63, 3.8) is 0 Å². The standard InChI is InChI=1S/C5H8O5/c6-3-2(4(7)8)1-10-5(3)9/h2-3,5-6,9H,1H2,(H,7,8). The van der Waals surface area contributed by atoms with Crippen LogP contribution in [-0.4, -0.2) is 40.3 Å². The molecule has 5 heteroatoms. The topological polar surface area (TPSA) is 87.0 Å². The molecular formula is C5H8O5. The minimum atomic E-state index is -1.35. The lowest BCUT2D eigenvalue weighted by atomic mass is 10.1. The molecular weight excluding hydrogens is 140 g/mol. The lowest BCUT2D eigenvalue weighted by molar-refractivity contribution is -0.146. The van der Waals surface area contributed by atoms with Gasteiger partial charge in [-0.3, -0.25) is 4.79 Å². The average Bonchev–Trinajstić information content (AvgIpc) is 2.14. The smallest absolute Gasteiger partial charge is 0.311 e. The Morgan fingerprint density at radius 1 is 1.50 bits per heavy atom. The Morgan fingerprint density at radius 3 is 2.30 bits per heavy atom. The largest absolute Gasteiger partial charge is 0.481 e. The van der Waals surface area contributed by atoms with Crippen molar-refractivity contribution in [2.75, 3.05) is 6.61 Å². The summed E-state index contributed by atoms with van der Waals surface area (Å²) in [6, 6.07) is 0. The number of aliphatic hydroxyl groups is 2. The van der Waals surface area contributed by atoms with Crippen LogP contribution < -0.4 is 0 Å². The van der Waals surface area contributed by atoms with Gasteiger partial charge in [-0.25, -0.2) is 0 Å². The molecule has 0 saturated carbocycles. The molecule has 1 fully saturated rings. The van der Waals surface area contributed by atoms with E-state index in [1.165, 1.54) is 0 Å². The fraction of sp³-hybridized carbons (Fsp3) is 0.800.